The predicted octanol–water partition coefficient (Wildman–Crippen LogP) is 3.03. The molecule has 1 rings (SSSR count). The SMILES string of the molecule is CCCC(C#N)(CCC)C(=O)Nc1cn(C)nc1CC. The van der Waals surface area contributed by atoms with Gasteiger partial charge in [0.15, 0.2) is 0 Å². The first-order chi connectivity index (χ1) is 9.52. The van der Waals surface area contributed by atoms with Crippen LogP contribution in [0.15, 0.2) is 6.20 Å². The molecule has 110 valence electrons. The molecule has 5 heteroatoms. The Balaban J connectivity index is 2.99. The van der Waals surface area contributed by atoms with Gasteiger partial charge < -0.3 is 5.32 Å². The van der Waals surface area contributed by atoms with Gasteiger partial charge in [0.05, 0.1) is 17.5 Å². The van der Waals surface area contributed by atoms with Crippen LogP contribution in [0.4, 0.5) is 5.69 Å². The Hall–Kier alpha value is -1.83. The molecule has 0 saturated heterocycles. The Kier molecular flexibility index (Phi) is 5.75. The van der Waals surface area contributed by atoms with Crippen molar-refractivity contribution in [2.45, 2.75) is 52.9 Å². The van der Waals surface area contributed by atoms with Crippen molar-refractivity contribution in [3.05, 3.63) is 11.9 Å². The number of hydrogen-bond donors (Lipinski definition) is 1. The van der Waals surface area contributed by atoms with Crippen LogP contribution in [0, 0.1) is 16.7 Å². The highest BCUT2D eigenvalue weighted by Crippen LogP contribution is 2.31. The van der Waals surface area contributed by atoms with E-state index < -0.39 is 5.41 Å². The minimum Gasteiger partial charge on any atom is -0.322 e. The van der Waals surface area contributed by atoms with Gasteiger partial charge in [-0.1, -0.05) is 33.6 Å². The van der Waals surface area contributed by atoms with Crippen molar-refractivity contribution >= 4 is 11.6 Å². The van der Waals surface area contributed by atoms with Crippen LogP contribution in [0.1, 0.15) is 52.1 Å². The van der Waals surface area contributed by atoms with E-state index in [-0.39, 0.29) is 5.91 Å². The number of rotatable bonds is 7. The van der Waals surface area contributed by atoms with Crippen LogP contribution in [-0.2, 0) is 18.3 Å². The van der Waals surface area contributed by atoms with E-state index in [1.165, 1.54) is 0 Å². The lowest BCUT2D eigenvalue weighted by Crippen LogP contribution is -2.35. The van der Waals surface area contributed by atoms with E-state index in [2.05, 4.69) is 16.5 Å². The molecule has 0 radical (unpaired) electrons. The number of hydrogen-bond acceptors (Lipinski definition) is 3. The summed E-state index contributed by atoms with van der Waals surface area (Å²) in [6, 6.07) is 2.24. The fourth-order valence-electron chi connectivity index (χ4n) is 2.51. The van der Waals surface area contributed by atoms with Gasteiger partial charge in [-0.3, -0.25) is 9.48 Å². The topological polar surface area (TPSA) is 70.7 Å². The third-order valence-electron chi connectivity index (χ3n) is 3.49. The maximum Gasteiger partial charge on any atom is 0.244 e. The van der Waals surface area contributed by atoms with Crippen LogP contribution in [0.25, 0.3) is 0 Å². The number of anilines is 1. The second-order valence-electron chi connectivity index (χ2n) is 5.16. The zero-order chi connectivity index (χ0) is 15.2. The fourth-order valence-corrected chi connectivity index (χ4v) is 2.51. The molecule has 0 fully saturated rings. The van der Waals surface area contributed by atoms with Crippen molar-refractivity contribution < 1.29 is 4.79 Å². The van der Waals surface area contributed by atoms with Crippen molar-refractivity contribution in [3.63, 3.8) is 0 Å². The molecule has 0 spiro atoms. The van der Waals surface area contributed by atoms with Gasteiger partial charge in [0.2, 0.25) is 5.91 Å². The van der Waals surface area contributed by atoms with Crippen molar-refractivity contribution in [2.75, 3.05) is 5.32 Å². The molecule has 20 heavy (non-hydrogen) atoms. The normalized spacial score (nSPS) is 11.2. The summed E-state index contributed by atoms with van der Waals surface area (Å²) in [5.41, 5.74) is 0.636. The number of amides is 1. The first kappa shape index (κ1) is 16.2. The first-order valence-electron chi connectivity index (χ1n) is 7.28. The summed E-state index contributed by atoms with van der Waals surface area (Å²) in [5.74, 6) is -0.202. The summed E-state index contributed by atoms with van der Waals surface area (Å²) in [7, 11) is 1.82. The van der Waals surface area contributed by atoms with E-state index >= 15 is 0 Å². The van der Waals surface area contributed by atoms with Gasteiger partial charge >= 0.3 is 0 Å². The van der Waals surface area contributed by atoms with Gasteiger partial charge in [0, 0.05) is 13.2 Å². The number of aryl methyl sites for hydroxylation is 2. The molecule has 0 bridgehead atoms. The van der Waals surface area contributed by atoms with Gasteiger partial charge in [-0.2, -0.15) is 10.4 Å². The molecule has 0 aliphatic heterocycles. The molecule has 0 aromatic carbocycles. The Morgan fingerprint density at radius 1 is 1.40 bits per heavy atom. The highest BCUT2D eigenvalue weighted by Gasteiger charge is 2.37. The molecular formula is C15H24N4O. The zero-order valence-corrected chi connectivity index (χ0v) is 12.9. The quantitative estimate of drug-likeness (QED) is 0.832. The number of carbonyl (C=O) groups is 1. The van der Waals surface area contributed by atoms with E-state index in [1.54, 1.807) is 10.9 Å². The molecule has 1 heterocycles. The lowest BCUT2D eigenvalue weighted by Gasteiger charge is -2.24. The van der Waals surface area contributed by atoms with Crippen LogP contribution in [0.3, 0.4) is 0 Å². The van der Waals surface area contributed by atoms with Crippen LogP contribution >= 0.6 is 0 Å². The summed E-state index contributed by atoms with van der Waals surface area (Å²) in [4.78, 5) is 12.6. The maximum absolute atomic E-state index is 12.6. The second kappa shape index (κ2) is 7.09. The summed E-state index contributed by atoms with van der Waals surface area (Å²) >= 11 is 0. The van der Waals surface area contributed by atoms with Crippen molar-refractivity contribution in [1.29, 1.82) is 5.26 Å². The van der Waals surface area contributed by atoms with Crippen molar-refractivity contribution in [1.82, 2.24) is 9.78 Å². The summed E-state index contributed by atoms with van der Waals surface area (Å²) in [6.45, 7) is 5.99. The van der Waals surface area contributed by atoms with E-state index in [0.29, 0.717) is 18.5 Å². The molecule has 0 aliphatic carbocycles. The average molecular weight is 276 g/mol. The standard InChI is InChI=1S/C15H24N4O/c1-5-8-15(11-16,9-6-2)14(20)17-13-10-19(4)18-12(13)7-3/h10H,5-9H2,1-4H3,(H,17,20). The number of carbonyl (C=O) groups excluding carboxylic acids is 1. The molecule has 5 nitrogen and oxygen atoms in total. The Bertz CT molecular complexity index is 492. The predicted molar refractivity (Wildman–Crippen MR) is 79.1 cm³/mol. The number of nitrogens with one attached hydrogen (secondary N) is 1. The summed E-state index contributed by atoms with van der Waals surface area (Å²) in [6.07, 6.45) is 5.34. The monoisotopic (exact) mass is 276 g/mol. The molecule has 1 N–H and O–H groups in total. The van der Waals surface area contributed by atoms with E-state index in [0.717, 1.165) is 25.0 Å². The lowest BCUT2D eigenvalue weighted by atomic mass is 9.79. The zero-order valence-electron chi connectivity index (χ0n) is 12.9. The molecule has 1 amide bonds. The Labute approximate surface area is 121 Å². The molecule has 0 unspecified atom stereocenters. The number of nitrogens with zero attached hydrogens (tertiary/aromatic N) is 3. The number of aromatic nitrogens is 2. The lowest BCUT2D eigenvalue weighted by molar-refractivity contribution is -0.123. The fraction of sp³-hybridized carbons (Fsp3) is 0.667. The van der Waals surface area contributed by atoms with E-state index in [4.69, 9.17) is 0 Å². The third kappa shape index (κ3) is 3.38. The van der Waals surface area contributed by atoms with E-state index in [9.17, 15) is 10.1 Å². The van der Waals surface area contributed by atoms with Crippen LogP contribution in [0.5, 0.6) is 0 Å². The van der Waals surface area contributed by atoms with Crippen molar-refractivity contribution in [3.8, 4) is 6.07 Å². The van der Waals surface area contributed by atoms with Crippen LogP contribution < -0.4 is 5.32 Å². The molecule has 0 aliphatic rings. The molecular weight excluding hydrogens is 252 g/mol. The van der Waals surface area contributed by atoms with Crippen LogP contribution in [-0.4, -0.2) is 15.7 Å². The van der Waals surface area contributed by atoms with Gasteiger partial charge in [-0.25, -0.2) is 0 Å². The highest BCUT2D eigenvalue weighted by atomic mass is 16.2. The Morgan fingerprint density at radius 2 is 2.00 bits per heavy atom. The largest absolute Gasteiger partial charge is 0.322 e. The van der Waals surface area contributed by atoms with E-state index in [1.807, 2.05) is 27.8 Å². The minimum absolute atomic E-state index is 0.202. The summed E-state index contributed by atoms with van der Waals surface area (Å²) in [5, 5.41) is 16.7. The van der Waals surface area contributed by atoms with Gasteiger partial charge in [0.25, 0.3) is 0 Å². The highest BCUT2D eigenvalue weighted by molar-refractivity contribution is 5.97. The molecule has 1 aromatic heterocycles. The molecule has 0 atom stereocenters. The molecule has 0 saturated carbocycles. The smallest absolute Gasteiger partial charge is 0.244 e. The molecule has 1 aromatic rings. The average Bonchev–Trinajstić information content (AvgIpc) is 2.78. The second-order valence-corrected chi connectivity index (χ2v) is 5.16. The minimum atomic E-state index is -0.926. The van der Waals surface area contributed by atoms with Gasteiger partial charge in [-0.05, 0) is 19.3 Å². The van der Waals surface area contributed by atoms with Gasteiger partial charge in [0.1, 0.15) is 5.41 Å². The summed E-state index contributed by atoms with van der Waals surface area (Å²) < 4.78 is 1.68. The third-order valence-corrected chi connectivity index (χ3v) is 3.49. The van der Waals surface area contributed by atoms with Gasteiger partial charge in [-0.15, -0.1) is 0 Å². The maximum atomic E-state index is 12.6. The van der Waals surface area contributed by atoms with Crippen LogP contribution in [0.2, 0.25) is 0 Å². The van der Waals surface area contributed by atoms with Crippen molar-refractivity contribution in [2.24, 2.45) is 12.5 Å². The Morgan fingerprint density at radius 3 is 2.45 bits per heavy atom. The number of nitriles is 1. The first-order valence-corrected chi connectivity index (χ1v) is 7.28.